The van der Waals surface area contributed by atoms with E-state index < -0.39 is 15.9 Å². The number of hydrogen-bond acceptors (Lipinski definition) is 6. The molecule has 3 aromatic rings. The number of pyridine rings is 1. The van der Waals surface area contributed by atoms with Crippen LogP contribution in [0.1, 0.15) is 11.1 Å². The molecule has 31 heavy (non-hydrogen) atoms. The standard InChI is InChI=1S/C22H21N3O5S/c1-25(31(28,29)20-10-8-19(30-2)9-11-20)18-7-3-5-16(13-18)21(14-22(26)24-27)17-6-4-12-23-15-17/h3-15,27H,1-2H3,(H,24,26). The molecule has 0 spiro atoms. The molecule has 0 aliphatic carbocycles. The Labute approximate surface area is 180 Å². The van der Waals surface area contributed by atoms with Gasteiger partial charge in [0.1, 0.15) is 5.75 Å². The second-order valence-corrected chi connectivity index (χ2v) is 8.44. The summed E-state index contributed by atoms with van der Waals surface area (Å²) in [5.41, 5.74) is 3.64. The van der Waals surface area contributed by atoms with Crippen LogP contribution in [0.25, 0.3) is 5.57 Å². The van der Waals surface area contributed by atoms with E-state index in [1.54, 1.807) is 66.4 Å². The Hall–Kier alpha value is -3.69. The Morgan fingerprint density at radius 1 is 1.10 bits per heavy atom. The summed E-state index contributed by atoms with van der Waals surface area (Å²) < 4.78 is 32.4. The highest BCUT2D eigenvalue weighted by Crippen LogP contribution is 2.29. The fourth-order valence-electron chi connectivity index (χ4n) is 2.93. The van der Waals surface area contributed by atoms with Gasteiger partial charge in [0.15, 0.2) is 0 Å². The molecular weight excluding hydrogens is 418 g/mol. The number of nitrogens with zero attached hydrogens (tertiary/aromatic N) is 2. The minimum atomic E-state index is -3.83. The normalized spacial score (nSPS) is 11.6. The van der Waals surface area contributed by atoms with Crippen LogP contribution >= 0.6 is 0 Å². The molecule has 0 unspecified atom stereocenters. The van der Waals surface area contributed by atoms with Gasteiger partial charge in [-0.3, -0.25) is 19.3 Å². The molecule has 0 aliphatic heterocycles. The van der Waals surface area contributed by atoms with Gasteiger partial charge < -0.3 is 4.74 Å². The number of hydrogen-bond donors (Lipinski definition) is 2. The van der Waals surface area contributed by atoms with Crippen LogP contribution < -0.4 is 14.5 Å². The molecule has 0 aliphatic rings. The molecule has 3 rings (SSSR count). The zero-order valence-electron chi connectivity index (χ0n) is 16.9. The predicted octanol–water partition coefficient (Wildman–Crippen LogP) is 2.85. The smallest absolute Gasteiger partial charge is 0.267 e. The topological polar surface area (TPSA) is 109 Å². The highest BCUT2D eigenvalue weighted by Gasteiger charge is 2.22. The fourth-order valence-corrected chi connectivity index (χ4v) is 4.12. The number of amides is 1. The maximum absolute atomic E-state index is 13.1. The van der Waals surface area contributed by atoms with Crippen LogP contribution in [-0.2, 0) is 14.8 Å². The second-order valence-electron chi connectivity index (χ2n) is 6.47. The van der Waals surface area contributed by atoms with E-state index in [0.717, 1.165) is 4.31 Å². The van der Waals surface area contributed by atoms with Crippen molar-refractivity contribution in [3.63, 3.8) is 0 Å². The van der Waals surface area contributed by atoms with E-state index in [2.05, 4.69) is 4.98 Å². The highest BCUT2D eigenvalue weighted by atomic mass is 32.2. The maximum atomic E-state index is 13.1. The Morgan fingerprint density at radius 3 is 2.42 bits per heavy atom. The lowest BCUT2D eigenvalue weighted by Gasteiger charge is -2.21. The SMILES string of the molecule is COc1ccc(S(=O)(=O)N(C)c2cccc(C(=CC(=O)NO)c3cccnc3)c2)cc1. The number of rotatable bonds is 7. The zero-order chi connectivity index (χ0) is 22.4. The number of aromatic nitrogens is 1. The third-order valence-electron chi connectivity index (χ3n) is 4.60. The number of methoxy groups -OCH3 is 1. The van der Waals surface area contributed by atoms with Crippen molar-refractivity contribution < 1.29 is 23.2 Å². The van der Waals surface area contributed by atoms with Crippen molar-refractivity contribution in [2.45, 2.75) is 4.90 Å². The summed E-state index contributed by atoms with van der Waals surface area (Å²) in [7, 11) is -0.869. The number of sulfonamides is 1. The van der Waals surface area contributed by atoms with E-state index in [9.17, 15) is 13.2 Å². The lowest BCUT2D eigenvalue weighted by atomic mass is 9.98. The van der Waals surface area contributed by atoms with Crippen LogP contribution in [0.5, 0.6) is 5.75 Å². The van der Waals surface area contributed by atoms with E-state index in [-0.39, 0.29) is 4.90 Å². The van der Waals surface area contributed by atoms with Gasteiger partial charge in [-0.05, 0) is 53.6 Å². The first-order chi connectivity index (χ1) is 14.9. The molecule has 0 atom stereocenters. The first-order valence-corrected chi connectivity index (χ1v) is 10.6. The minimum absolute atomic E-state index is 0.115. The van der Waals surface area contributed by atoms with Gasteiger partial charge in [-0.15, -0.1) is 0 Å². The van der Waals surface area contributed by atoms with Crippen LogP contribution in [0.3, 0.4) is 0 Å². The average Bonchev–Trinajstić information content (AvgIpc) is 2.82. The molecule has 0 saturated carbocycles. The number of ether oxygens (including phenoxy) is 1. The number of anilines is 1. The lowest BCUT2D eigenvalue weighted by molar-refractivity contribution is -0.124. The molecular formula is C22H21N3O5S. The quantitative estimate of drug-likeness (QED) is 0.333. The van der Waals surface area contributed by atoms with Gasteiger partial charge >= 0.3 is 0 Å². The highest BCUT2D eigenvalue weighted by molar-refractivity contribution is 7.92. The van der Waals surface area contributed by atoms with Crippen LogP contribution in [0, 0.1) is 0 Å². The van der Waals surface area contributed by atoms with E-state index >= 15 is 0 Å². The van der Waals surface area contributed by atoms with Crippen molar-refractivity contribution in [1.82, 2.24) is 10.5 Å². The number of benzene rings is 2. The Morgan fingerprint density at radius 2 is 1.81 bits per heavy atom. The molecule has 1 amide bonds. The average molecular weight is 439 g/mol. The lowest BCUT2D eigenvalue weighted by Crippen LogP contribution is -2.26. The Bertz CT molecular complexity index is 1190. The zero-order valence-corrected chi connectivity index (χ0v) is 17.7. The van der Waals surface area contributed by atoms with Gasteiger partial charge in [0.2, 0.25) is 0 Å². The Balaban J connectivity index is 2.02. The maximum Gasteiger partial charge on any atom is 0.267 e. The van der Waals surface area contributed by atoms with Crippen molar-refractivity contribution >= 4 is 27.2 Å². The van der Waals surface area contributed by atoms with Gasteiger partial charge in [0, 0.05) is 31.1 Å². The van der Waals surface area contributed by atoms with Gasteiger partial charge in [-0.25, -0.2) is 13.9 Å². The first kappa shape index (κ1) is 22.0. The van der Waals surface area contributed by atoms with Crippen LogP contribution in [0.2, 0.25) is 0 Å². The van der Waals surface area contributed by atoms with Crippen molar-refractivity contribution in [1.29, 1.82) is 0 Å². The molecule has 1 heterocycles. The Kier molecular flexibility index (Phi) is 6.68. The first-order valence-electron chi connectivity index (χ1n) is 9.16. The molecule has 2 aromatic carbocycles. The molecule has 9 heteroatoms. The molecule has 160 valence electrons. The van der Waals surface area contributed by atoms with E-state index in [1.807, 2.05) is 0 Å². The van der Waals surface area contributed by atoms with E-state index in [0.29, 0.717) is 28.1 Å². The molecule has 0 fully saturated rings. The van der Waals surface area contributed by atoms with Crippen LogP contribution in [-0.4, -0.2) is 38.7 Å². The van der Waals surface area contributed by atoms with Crippen molar-refractivity contribution in [2.24, 2.45) is 0 Å². The van der Waals surface area contributed by atoms with Crippen LogP contribution in [0.4, 0.5) is 5.69 Å². The third kappa shape index (κ3) is 4.90. The van der Waals surface area contributed by atoms with E-state index in [1.165, 1.54) is 32.4 Å². The molecule has 1 aromatic heterocycles. The molecule has 2 N–H and O–H groups in total. The summed E-state index contributed by atoms with van der Waals surface area (Å²) in [4.78, 5) is 16.0. The fraction of sp³-hybridized carbons (Fsp3) is 0.0909. The van der Waals surface area contributed by atoms with E-state index in [4.69, 9.17) is 9.94 Å². The monoisotopic (exact) mass is 439 g/mol. The summed E-state index contributed by atoms with van der Waals surface area (Å²) >= 11 is 0. The number of hydroxylamine groups is 1. The molecule has 0 saturated heterocycles. The molecule has 8 nitrogen and oxygen atoms in total. The predicted molar refractivity (Wildman–Crippen MR) is 116 cm³/mol. The number of carbonyl (C=O) groups is 1. The van der Waals surface area contributed by atoms with Crippen molar-refractivity contribution in [3.8, 4) is 5.75 Å². The van der Waals surface area contributed by atoms with Gasteiger partial charge in [0.25, 0.3) is 15.9 Å². The molecule has 0 radical (unpaired) electrons. The number of nitrogens with one attached hydrogen (secondary N) is 1. The summed E-state index contributed by atoms with van der Waals surface area (Å²) in [6.45, 7) is 0. The van der Waals surface area contributed by atoms with Crippen LogP contribution in [0.15, 0.2) is 84.0 Å². The summed E-state index contributed by atoms with van der Waals surface area (Å²) in [5, 5.41) is 8.93. The summed E-state index contributed by atoms with van der Waals surface area (Å²) in [5.74, 6) is -0.166. The van der Waals surface area contributed by atoms with Crippen molar-refractivity contribution in [3.05, 3.63) is 90.3 Å². The van der Waals surface area contributed by atoms with Crippen molar-refractivity contribution in [2.75, 3.05) is 18.5 Å². The minimum Gasteiger partial charge on any atom is -0.497 e. The largest absolute Gasteiger partial charge is 0.497 e. The number of carbonyl (C=O) groups excluding carboxylic acids is 1. The van der Waals surface area contributed by atoms with Gasteiger partial charge in [-0.2, -0.15) is 0 Å². The second kappa shape index (κ2) is 9.41. The molecule has 0 bridgehead atoms. The van der Waals surface area contributed by atoms with Gasteiger partial charge in [0.05, 0.1) is 17.7 Å². The summed E-state index contributed by atoms with van der Waals surface area (Å²) in [6.07, 6.45) is 4.38. The third-order valence-corrected chi connectivity index (χ3v) is 6.40. The van der Waals surface area contributed by atoms with Gasteiger partial charge in [-0.1, -0.05) is 18.2 Å². The summed E-state index contributed by atoms with van der Waals surface area (Å²) in [6, 6.07) is 16.3.